The van der Waals surface area contributed by atoms with Crippen LogP contribution in [-0.4, -0.2) is 15.0 Å². The van der Waals surface area contributed by atoms with Crippen molar-refractivity contribution in [2.75, 3.05) is 0 Å². The molecule has 0 spiro atoms. The van der Waals surface area contributed by atoms with Crippen LogP contribution >= 0.6 is 31.9 Å². The lowest BCUT2D eigenvalue weighted by Crippen LogP contribution is -2.10. The van der Waals surface area contributed by atoms with Gasteiger partial charge in [0, 0.05) is 25.6 Å². The maximum atomic E-state index is 4.88. The first-order valence-electron chi connectivity index (χ1n) is 11.3. The molecule has 0 amide bonds. The van der Waals surface area contributed by atoms with Gasteiger partial charge in [-0.3, -0.25) is 0 Å². The highest BCUT2D eigenvalue weighted by Gasteiger charge is 2.17. The maximum Gasteiger partial charge on any atom is 0.164 e. The summed E-state index contributed by atoms with van der Waals surface area (Å²) in [6, 6.07) is 23.1. The van der Waals surface area contributed by atoms with Gasteiger partial charge >= 0.3 is 0 Å². The zero-order valence-electron chi connectivity index (χ0n) is 20.4. The Bertz CT molecular complexity index is 1220. The fourth-order valence-corrected chi connectivity index (χ4v) is 4.98. The molecule has 1 aromatic heterocycles. The van der Waals surface area contributed by atoms with E-state index in [0.29, 0.717) is 17.5 Å². The second kappa shape index (κ2) is 9.35. The third-order valence-corrected chi connectivity index (χ3v) is 6.69. The molecule has 5 heteroatoms. The topological polar surface area (TPSA) is 38.7 Å². The Hall–Kier alpha value is -2.37. The quantitative estimate of drug-likeness (QED) is 0.243. The molecular weight excluding hydrogens is 550 g/mol. The monoisotopic (exact) mass is 577 g/mol. The predicted molar refractivity (Wildman–Crippen MR) is 149 cm³/mol. The minimum absolute atomic E-state index is 0.0886. The van der Waals surface area contributed by atoms with Crippen LogP contribution in [0.15, 0.2) is 75.7 Å². The predicted octanol–water partition coefficient (Wildman–Crippen LogP) is 8.99. The smallest absolute Gasteiger partial charge is 0.164 e. The van der Waals surface area contributed by atoms with Crippen LogP contribution in [0, 0.1) is 0 Å². The minimum atomic E-state index is 0.0886. The van der Waals surface area contributed by atoms with Crippen LogP contribution in [0.3, 0.4) is 0 Å². The molecular formula is C29H29Br2N3. The summed E-state index contributed by atoms with van der Waals surface area (Å²) < 4.78 is 1.92. The van der Waals surface area contributed by atoms with Gasteiger partial charge in [0.1, 0.15) is 0 Å². The summed E-state index contributed by atoms with van der Waals surface area (Å²) in [6.45, 7) is 13.3. The standard InChI is InChI=1S/C29H29Br2N3/c1-28(2,3)21-11-7-18(8-12-21)25-32-26(19-9-13-22(14-10-19)29(4,5)6)34-27(33-25)20-15-23(30)17-24(31)16-20/h7-17H,1-6H3. The molecule has 0 unspecified atom stereocenters. The Morgan fingerprint density at radius 1 is 0.471 bits per heavy atom. The highest BCUT2D eigenvalue weighted by atomic mass is 79.9. The lowest BCUT2D eigenvalue weighted by molar-refractivity contribution is 0.590. The molecule has 0 saturated carbocycles. The second-order valence-electron chi connectivity index (χ2n) is 10.6. The van der Waals surface area contributed by atoms with Gasteiger partial charge in [0.15, 0.2) is 17.5 Å². The average Bonchev–Trinajstić information content (AvgIpc) is 2.77. The molecule has 0 N–H and O–H groups in total. The third-order valence-electron chi connectivity index (χ3n) is 5.77. The lowest BCUT2D eigenvalue weighted by atomic mass is 9.86. The second-order valence-corrected chi connectivity index (χ2v) is 12.5. The molecule has 0 aliphatic carbocycles. The summed E-state index contributed by atoms with van der Waals surface area (Å²) in [5.41, 5.74) is 5.59. The highest BCUT2D eigenvalue weighted by molar-refractivity contribution is 9.11. The van der Waals surface area contributed by atoms with Gasteiger partial charge in [-0.05, 0) is 40.2 Å². The molecule has 3 aromatic carbocycles. The van der Waals surface area contributed by atoms with Gasteiger partial charge in [0.05, 0.1) is 0 Å². The van der Waals surface area contributed by atoms with Crippen LogP contribution in [0.5, 0.6) is 0 Å². The van der Waals surface area contributed by atoms with Crippen molar-refractivity contribution in [3.63, 3.8) is 0 Å². The number of halogens is 2. The Balaban J connectivity index is 1.86. The van der Waals surface area contributed by atoms with Gasteiger partial charge in [-0.2, -0.15) is 0 Å². The van der Waals surface area contributed by atoms with Crippen LogP contribution in [0.1, 0.15) is 52.7 Å². The van der Waals surface area contributed by atoms with Gasteiger partial charge in [0.25, 0.3) is 0 Å². The number of rotatable bonds is 3. The molecule has 4 rings (SSSR count). The molecule has 0 aliphatic heterocycles. The molecule has 174 valence electrons. The number of hydrogen-bond acceptors (Lipinski definition) is 3. The van der Waals surface area contributed by atoms with E-state index in [1.165, 1.54) is 11.1 Å². The summed E-state index contributed by atoms with van der Waals surface area (Å²) in [6.07, 6.45) is 0. The molecule has 0 atom stereocenters. The van der Waals surface area contributed by atoms with Crippen molar-refractivity contribution in [2.24, 2.45) is 0 Å². The van der Waals surface area contributed by atoms with Crippen LogP contribution in [0.4, 0.5) is 0 Å². The third kappa shape index (κ3) is 5.64. The molecule has 34 heavy (non-hydrogen) atoms. The molecule has 4 aromatic rings. The molecule has 0 bridgehead atoms. The summed E-state index contributed by atoms with van der Waals surface area (Å²) in [7, 11) is 0. The van der Waals surface area contributed by atoms with E-state index < -0.39 is 0 Å². The number of nitrogens with zero attached hydrogens (tertiary/aromatic N) is 3. The summed E-state index contributed by atoms with van der Waals surface area (Å²) in [5.74, 6) is 1.97. The fraction of sp³-hybridized carbons (Fsp3) is 0.276. The summed E-state index contributed by atoms with van der Waals surface area (Å²) >= 11 is 7.18. The van der Waals surface area contributed by atoms with E-state index in [0.717, 1.165) is 25.6 Å². The first-order valence-corrected chi connectivity index (χ1v) is 12.9. The van der Waals surface area contributed by atoms with Crippen molar-refractivity contribution in [3.05, 3.63) is 86.8 Å². The summed E-state index contributed by atoms with van der Waals surface area (Å²) in [5, 5.41) is 0. The number of aromatic nitrogens is 3. The molecule has 1 heterocycles. The minimum Gasteiger partial charge on any atom is -0.208 e. The maximum absolute atomic E-state index is 4.88. The van der Waals surface area contributed by atoms with Crippen LogP contribution < -0.4 is 0 Å². The Kier molecular flexibility index (Phi) is 6.80. The Labute approximate surface area is 219 Å². The molecule has 0 aliphatic rings. The highest BCUT2D eigenvalue weighted by Crippen LogP contribution is 2.31. The van der Waals surface area contributed by atoms with E-state index in [-0.39, 0.29) is 10.8 Å². The van der Waals surface area contributed by atoms with E-state index in [9.17, 15) is 0 Å². The fourth-order valence-electron chi connectivity index (χ4n) is 3.68. The van der Waals surface area contributed by atoms with Crippen molar-refractivity contribution in [1.29, 1.82) is 0 Å². The Morgan fingerprint density at radius 3 is 1.12 bits per heavy atom. The van der Waals surface area contributed by atoms with Gasteiger partial charge in [0.2, 0.25) is 0 Å². The Morgan fingerprint density at radius 2 is 0.794 bits per heavy atom. The summed E-state index contributed by atoms with van der Waals surface area (Å²) in [4.78, 5) is 14.6. The van der Waals surface area contributed by atoms with Crippen molar-refractivity contribution >= 4 is 31.9 Å². The van der Waals surface area contributed by atoms with Crippen LogP contribution in [0.25, 0.3) is 34.2 Å². The van der Waals surface area contributed by atoms with Gasteiger partial charge in [-0.25, -0.2) is 15.0 Å². The molecule has 0 saturated heterocycles. The lowest BCUT2D eigenvalue weighted by Gasteiger charge is -2.19. The largest absolute Gasteiger partial charge is 0.208 e. The van der Waals surface area contributed by atoms with E-state index in [4.69, 9.17) is 15.0 Å². The van der Waals surface area contributed by atoms with Crippen molar-refractivity contribution < 1.29 is 0 Å². The molecule has 0 fully saturated rings. The van der Waals surface area contributed by atoms with Gasteiger partial charge < -0.3 is 0 Å². The first kappa shape index (κ1) is 24.7. The van der Waals surface area contributed by atoms with Crippen molar-refractivity contribution in [1.82, 2.24) is 15.0 Å². The van der Waals surface area contributed by atoms with Crippen molar-refractivity contribution in [3.8, 4) is 34.2 Å². The molecule has 3 nitrogen and oxygen atoms in total. The average molecular weight is 579 g/mol. The van der Waals surface area contributed by atoms with Gasteiger partial charge in [-0.1, -0.05) is 122 Å². The zero-order valence-corrected chi connectivity index (χ0v) is 23.6. The van der Waals surface area contributed by atoms with Crippen LogP contribution in [0.2, 0.25) is 0 Å². The zero-order chi connectivity index (χ0) is 24.7. The van der Waals surface area contributed by atoms with Crippen LogP contribution in [-0.2, 0) is 10.8 Å². The van der Waals surface area contributed by atoms with E-state index in [1.54, 1.807) is 0 Å². The first-order chi connectivity index (χ1) is 15.9. The SMILES string of the molecule is CC(C)(C)c1ccc(-c2nc(-c3ccc(C(C)(C)C)cc3)nc(-c3cc(Br)cc(Br)c3)n2)cc1. The number of benzene rings is 3. The normalized spacial score (nSPS) is 12.1. The molecule has 0 radical (unpaired) electrons. The van der Waals surface area contributed by atoms with Crippen molar-refractivity contribution in [2.45, 2.75) is 52.4 Å². The van der Waals surface area contributed by atoms with E-state index in [2.05, 4.69) is 122 Å². The van der Waals surface area contributed by atoms with E-state index >= 15 is 0 Å². The van der Waals surface area contributed by atoms with Gasteiger partial charge in [-0.15, -0.1) is 0 Å². The number of hydrogen-bond donors (Lipinski definition) is 0. The van der Waals surface area contributed by atoms with E-state index in [1.807, 2.05) is 18.2 Å².